The third kappa shape index (κ3) is 4.85. The van der Waals surface area contributed by atoms with E-state index in [1.54, 1.807) is 24.3 Å². The molecule has 2 aliphatic rings. The zero-order valence-electron chi connectivity index (χ0n) is 22.7. The number of benzene rings is 3. The molecular weight excluding hydrogens is 496 g/mol. The van der Waals surface area contributed by atoms with Gasteiger partial charge in [0.2, 0.25) is 6.29 Å². The molecule has 0 aromatic heterocycles. The van der Waals surface area contributed by atoms with E-state index in [0.29, 0.717) is 5.56 Å². The summed E-state index contributed by atoms with van der Waals surface area (Å²) in [6.07, 6.45) is -1.55. The van der Waals surface area contributed by atoms with Gasteiger partial charge in [-0.2, -0.15) is 0 Å². The highest BCUT2D eigenvalue weighted by Gasteiger charge is 2.64. The van der Waals surface area contributed by atoms with Crippen molar-refractivity contribution in [3.63, 3.8) is 0 Å². The van der Waals surface area contributed by atoms with Gasteiger partial charge < -0.3 is 23.4 Å². The van der Waals surface area contributed by atoms with Crippen molar-refractivity contribution in [1.29, 1.82) is 0 Å². The molecule has 5 rings (SSSR count). The van der Waals surface area contributed by atoms with Crippen LogP contribution in [0.25, 0.3) is 0 Å². The number of esters is 1. The number of ether oxygens (including phenoxy) is 4. The van der Waals surface area contributed by atoms with Crippen LogP contribution < -0.4 is 10.4 Å². The number of carbonyl (C=O) groups excluding carboxylic acids is 1. The molecule has 0 N–H and O–H groups in total. The lowest BCUT2D eigenvalue weighted by Gasteiger charge is -2.44. The smallest absolute Gasteiger partial charge is 0.340 e. The number of carbonyl (C=O) groups is 1. The van der Waals surface area contributed by atoms with Crippen molar-refractivity contribution in [3.8, 4) is 0 Å². The summed E-state index contributed by atoms with van der Waals surface area (Å²) in [5.74, 6) is -1.35. The quantitative estimate of drug-likeness (QED) is 0.326. The Kier molecular flexibility index (Phi) is 7.09. The zero-order valence-corrected chi connectivity index (χ0v) is 23.7. The minimum Gasteiger partial charge on any atom is -0.429 e. The Bertz CT molecular complexity index is 1200. The van der Waals surface area contributed by atoms with Gasteiger partial charge in [0.25, 0.3) is 8.32 Å². The Morgan fingerprint density at radius 2 is 1.42 bits per heavy atom. The first kappa shape index (κ1) is 26.8. The van der Waals surface area contributed by atoms with Crippen molar-refractivity contribution in [2.75, 3.05) is 13.2 Å². The molecule has 6 nitrogen and oxygen atoms in total. The van der Waals surface area contributed by atoms with Gasteiger partial charge in [0.15, 0.2) is 11.9 Å². The summed E-state index contributed by atoms with van der Waals surface area (Å²) in [6.45, 7) is 10.9. The first-order chi connectivity index (χ1) is 18.1. The zero-order chi connectivity index (χ0) is 27.0. The van der Waals surface area contributed by atoms with Gasteiger partial charge in [0.1, 0.15) is 5.60 Å². The summed E-state index contributed by atoms with van der Waals surface area (Å²) >= 11 is 0. The average molecular weight is 533 g/mol. The van der Waals surface area contributed by atoms with Gasteiger partial charge in [-0.3, -0.25) is 0 Å². The third-order valence-electron chi connectivity index (χ3n) is 7.30. The maximum absolute atomic E-state index is 12.9. The van der Waals surface area contributed by atoms with Crippen LogP contribution in [0.5, 0.6) is 0 Å². The largest absolute Gasteiger partial charge is 0.429 e. The van der Waals surface area contributed by atoms with Crippen molar-refractivity contribution in [1.82, 2.24) is 0 Å². The van der Waals surface area contributed by atoms with E-state index in [2.05, 4.69) is 69.3 Å². The predicted octanol–water partition coefficient (Wildman–Crippen LogP) is 4.67. The first-order valence-electron chi connectivity index (χ1n) is 13.1. The second-order valence-electron chi connectivity index (χ2n) is 11.5. The summed E-state index contributed by atoms with van der Waals surface area (Å²) in [4.78, 5) is 12.9. The topological polar surface area (TPSA) is 63.2 Å². The van der Waals surface area contributed by atoms with Crippen LogP contribution in [0.4, 0.5) is 0 Å². The molecule has 2 fully saturated rings. The van der Waals surface area contributed by atoms with Gasteiger partial charge in [-0.1, -0.05) is 99.6 Å². The number of rotatable bonds is 7. The SMILES string of the molecule is CC1(C)O[C@H]2[C@H](OC(=O)c3ccccc3)OC[C@@]2(CO[Si](c2ccccc2)(c2ccccc2)C(C)(C)C)O1. The summed E-state index contributed by atoms with van der Waals surface area (Å²) < 4.78 is 31.8. The van der Waals surface area contributed by atoms with Crippen molar-refractivity contribution in [3.05, 3.63) is 96.6 Å². The molecule has 2 heterocycles. The maximum atomic E-state index is 12.9. The molecule has 0 aliphatic carbocycles. The minimum absolute atomic E-state index is 0.187. The van der Waals surface area contributed by atoms with E-state index in [1.165, 1.54) is 10.4 Å². The lowest BCUT2D eigenvalue weighted by atomic mass is 10.0. The molecule has 0 radical (unpaired) electrons. The standard InChI is InChI=1S/C31H36O6Si/c1-29(2,3)38(24-17-11-7-12-18-24,25-19-13-8-14-20-25)34-22-31-21-33-28(26(31)36-30(4,5)37-31)35-27(32)23-15-9-6-10-16-23/h6-20,26,28H,21-22H2,1-5H3/t26-,28-,31-/m0/s1. The molecule has 3 aromatic carbocycles. The molecule has 0 saturated carbocycles. The molecule has 38 heavy (non-hydrogen) atoms. The van der Waals surface area contributed by atoms with Crippen LogP contribution in [0.1, 0.15) is 45.0 Å². The van der Waals surface area contributed by atoms with Crippen LogP contribution in [0.15, 0.2) is 91.0 Å². The lowest BCUT2D eigenvalue weighted by Crippen LogP contribution is -2.68. The Balaban J connectivity index is 1.48. The molecule has 3 atom stereocenters. The summed E-state index contributed by atoms with van der Waals surface area (Å²) in [5.41, 5.74) is -0.478. The maximum Gasteiger partial charge on any atom is 0.340 e. The van der Waals surface area contributed by atoms with E-state index in [4.69, 9.17) is 23.4 Å². The van der Waals surface area contributed by atoms with E-state index >= 15 is 0 Å². The Morgan fingerprint density at radius 3 is 1.95 bits per heavy atom. The summed E-state index contributed by atoms with van der Waals surface area (Å²) in [5, 5.41) is 2.15. The average Bonchev–Trinajstić information content (AvgIpc) is 3.35. The minimum atomic E-state index is -2.83. The van der Waals surface area contributed by atoms with Gasteiger partial charge in [-0.25, -0.2) is 4.79 Å². The molecule has 200 valence electrons. The van der Waals surface area contributed by atoms with E-state index in [0.717, 1.165) is 0 Å². The number of fused-ring (bicyclic) bond motifs is 1. The fourth-order valence-corrected chi connectivity index (χ4v) is 10.3. The fourth-order valence-electron chi connectivity index (χ4n) is 5.70. The molecular formula is C31H36O6Si. The Labute approximate surface area is 226 Å². The third-order valence-corrected chi connectivity index (χ3v) is 12.3. The second kappa shape index (κ2) is 10.1. The first-order valence-corrected chi connectivity index (χ1v) is 15.0. The van der Waals surface area contributed by atoms with Crippen LogP contribution >= 0.6 is 0 Å². The van der Waals surface area contributed by atoms with Gasteiger partial charge in [-0.05, 0) is 41.4 Å². The van der Waals surface area contributed by atoms with Crippen molar-refractivity contribution >= 4 is 24.7 Å². The van der Waals surface area contributed by atoms with Gasteiger partial charge in [0, 0.05) is 0 Å². The van der Waals surface area contributed by atoms with Gasteiger partial charge >= 0.3 is 5.97 Å². The molecule has 2 saturated heterocycles. The van der Waals surface area contributed by atoms with Crippen molar-refractivity contribution in [2.45, 2.75) is 63.4 Å². The van der Waals surface area contributed by atoms with E-state index < -0.39 is 38.1 Å². The van der Waals surface area contributed by atoms with Crippen molar-refractivity contribution < 1.29 is 28.2 Å². The molecule has 0 bridgehead atoms. The van der Waals surface area contributed by atoms with Crippen LogP contribution in [0, 0.1) is 0 Å². The van der Waals surface area contributed by atoms with Crippen LogP contribution in [-0.2, 0) is 23.4 Å². The Hall–Kier alpha value is -2.81. The highest BCUT2D eigenvalue weighted by Crippen LogP contribution is 2.46. The second-order valence-corrected chi connectivity index (χ2v) is 15.8. The molecule has 7 heteroatoms. The lowest BCUT2D eigenvalue weighted by molar-refractivity contribution is -0.216. The number of hydrogen-bond donors (Lipinski definition) is 0. The van der Waals surface area contributed by atoms with Gasteiger partial charge in [0.05, 0.1) is 18.8 Å². The monoisotopic (exact) mass is 532 g/mol. The summed E-state index contributed by atoms with van der Waals surface area (Å²) in [6, 6.07) is 29.8. The number of hydrogen-bond acceptors (Lipinski definition) is 6. The molecule has 3 aromatic rings. The van der Waals surface area contributed by atoms with Crippen LogP contribution in [-0.4, -0.2) is 51.3 Å². The molecule has 0 amide bonds. The molecule has 2 aliphatic heterocycles. The molecule has 0 unspecified atom stereocenters. The summed E-state index contributed by atoms with van der Waals surface area (Å²) in [7, 11) is -2.83. The van der Waals surface area contributed by atoms with Gasteiger partial charge in [-0.15, -0.1) is 0 Å². The van der Waals surface area contributed by atoms with E-state index in [-0.39, 0.29) is 18.3 Å². The normalized spacial score (nSPS) is 24.7. The Morgan fingerprint density at radius 1 is 0.895 bits per heavy atom. The highest BCUT2D eigenvalue weighted by atomic mass is 28.4. The van der Waals surface area contributed by atoms with Crippen LogP contribution in [0.3, 0.4) is 0 Å². The van der Waals surface area contributed by atoms with E-state index in [1.807, 2.05) is 32.0 Å². The van der Waals surface area contributed by atoms with Crippen molar-refractivity contribution in [2.24, 2.45) is 0 Å². The fraction of sp³-hybridized carbons (Fsp3) is 0.387. The molecule has 0 spiro atoms. The predicted molar refractivity (Wildman–Crippen MR) is 148 cm³/mol. The van der Waals surface area contributed by atoms with Crippen LogP contribution in [0.2, 0.25) is 5.04 Å². The highest BCUT2D eigenvalue weighted by molar-refractivity contribution is 6.99. The van der Waals surface area contributed by atoms with E-state index in [9.17, 15) is 4.79 Å².